The first kappa shape index (κ1) is 24.2. The number of carbonyl (C=O) groups excluding carboxylic acids is 2. The monoisotopic (exact) mass is 453 g/mol. The van der Waals surface area contributed by atoms with Gasteiger partial charge in [-0.3, -0.25) is 20.4 Å². The van der Waals surface area contributed by atoms with E-state index in [1.54, 1.807) is 26.8 Å². The Morgan fingerprint density at radius 3 is 2.23 bits per heavy atom. The van der Waals surface area contributed by atoms with Crippen LogP contribution in [0, 0.1) is 0 Å². The molecule has 2 rings (SSSR count). The second kappa shape index (κ2) is 9.40. The van der Waals surface area contributed by atoms with Crippen molar-refractivity contribution in [2.45, 2.75) is 51.4 Å². The minimum atomic E-state index is -3.94. The van der Waals surface area contributed by atoms with Crippen molar-refractivity contribution in [1.29, 1.82) is 0 Å². The highest BCUT2D eigenvalue weighted by Gasteiger charge is 2.26. The van der Waals surface area contributed by atoms with Gasteiger partial charge < -0.3 is 13.9 Å². The normalized spacial score (nSPS) is 11.8. The first-order chi connectivity index (χ1) is 14.3. The molecule has 0 aliphatic rings. The summed E-state index contributed by atoms with van der Waals surface area (Å²) in [6.45, 7) is 8.74. The maximum absolute atomic E-state index is 12.3. The van der Waals surface area contributed by atoms with Gasteiger partial charge in [0.2, 0.25) is 5.09 Å². The average molecular weight is 454 g/mol. The molecule has 0 saturated heterocycles. The summed E-state index contributed by atoms with van der Waals surface area (Å²) in [7, 11) is -2.49. The van der Waals surface area contributed by atoms with Gasteiger partial charge in [0.05, 0.1) is 13.2 Å². The molecule has 1 aromatic heterocycles. The van der Waals surface area contributed by atoms with Crippen molar-refractivity contribution < 1.29 is 31.9 Å². The highest BCUT2D eigenvalue weighted by atomic mass is 32.2. The minimum Gasteiger partial charge on any atom is -0.493 e. The lowest BCUT2D eigenvalue weighted by Gasteiger charge is -2.18. The standard InChI is InChI=1S/C20H27N3O7S/c1-12(2)29-14-8-7-13(11-16(14)28-6)18(24)21-22-19(25)15-9-10-17(30-15)31(26,27)23-20(3,4)5/h7-12,23H,1-6H3,(H,21,24)(H,22,25). The van der Waals surface area contributed by atoms with Crippen LogP contribution in [-0.4, -0.2) is 39.0 Å². The van der Waals surface area contributed by atoms with E-state index in [0.717, 1.165) is 6.07 Å². The molecule has 3 N–H and O–H groups in total. The molecule has 0 aliphatic heterocycles. The molecule has 2 amide bonds. The average Bonchev–Trinajstić information content (AvgIpc) is 3.15. The number of hydrogen-bond acceptors (Lipinski definition) is 7. The Hall–Kier alpha value is -3.05. The number of benzene rings is 1. The Labute approximate surface area is 181 Å². The van der Waals surface area contributed by atoms with Gasteiger partial charge in [0.15, 0.2) is 17.3 Å². The molecule has 2 aromatic rings. The molecule has 170 valence electrons. The van der Waals surface area contributed by atoms with Crippen LogP contribution in [-0.2, 0) is 10.0 Å². The van der Waals surface area contributed by atoms with Gasteiger partial charge in [-0.25, -0.2) is 13.1 Å². The first-order valence-corrected chi connectivity index (χ1v) is 10.9. The zero-order valence-electron chi connectivity index (χ0n) is 18.2. The van der Waals surface area contributed by atoms with E-state index in [1.165, 1.54) is 25.3 Å². The van der Waals surface area contributed by atoms with E-state index in [1.807, 2.05) is 13.8 Å². The van der Waals surface area contributed by atoms with Crippen molar-refractivity contribution in [2.75, 3.05) is 7.11 Å². The van der Waals surface area contributed by atoms with E-state index >= 15 is 0 Å². The Kier molecular flexibility index (Phi) is 7.34. The summed E-state index contributed by atoms with van der Waals surface area (Å²) in [6, 6.07) is 6.91. The molecular formula is C20H27N3O7S. The van der Waals surface area contributed by atoms with Gasteiger partial charge in [-0.2, -0.15) is 0 Å². The number of rotatable bonds is 7. The molecule has 0 atom stereocenters. The zero-order valence-corrected chi connectivity index (χ0v) is 19.0. The number of methoxy groups -OCH3 is 1. The van der Waals surface area contributed by atoms with Crippen molar-refractivity contribution in [1.82, 2.24) is 15.6 Å². The van der Waals surface area contributed by atoms with E-state index < -0.39 is 32.5 Å². The lowest BCUT2D eigenvalue weighted by atomic mass is 10.1. The quantitative estimate of drug-likeness (QED) is 0.547. The zero-order chi connectivity index (χ0) is 23.4. The number of ether oxygens (including phenoxy) is 2. The van der Waals surface area contributed by atoms with Crippen LogP contribution < -0.4 is 25.0 Å². The van der Waals surface area contributed by atoms with Crippen molar-refractivity contribution in [3.05, 3.63) is 41.7 Å². The summed E-state index contributed by atoms with van der Waals surface area (Å²) < 4.78 is 42.9. The highest BCUT2D eigenvalue weighted by molar-refractivity contribution is 7.89. The first-order valence-electron chi connectivity index (χ1n) is 9.41. The summed E-state index contributed by atoms with van der Waals surface area (Å²) in [5, 5.41) is -0.413. The minimum absolute atomic E-state index is 0.0755. The van der Waals surface area contributed by atoms with Gasteiger partial charge >= 0.3 is 5.91 Å². The molecule has 1 heterocycles. The summed E-state index contributed by atoms with van der Waals surface area (Å²) in [5.74, 6) is -0.882. The maximum Gasteiger partial charge on any atom is 0.305 e. The molecule has 0 spiro atoms. The molecule has 0 aliphatic carbocycles. The van der Waals surface area contributed by atoms with Gasteiger partial charge in [0, 0.05) is 11.1 Å². The lowest BCUT2D eigenvalue weighted by Crippen LogP contribution is -2.41. The second-order valence-electron chi connectivity index (χ2n) is 7.91. The van der Waals surface area contributed by atoms with E-state index in [-0.39, 0.29) is 17.4 Å². The number of sulfonamides is 1. The molecule has 11 heteroatoms. The van der Waals surface area contributed by atoms with Crippen LogP contribution in [0.5, 0.6) is 11.5 Å². The fourth-order valence-electron chi connectivity index (χ4n) is 2.45. The van der Waals surface area contributed by atoms with Gasteiger partial charge in [-0.1, -0.05) is 0 Å². The molecule has 0 fully saturated rings. The number of hydrazine groups is 1. The molecule has 0 unspecified atom stereocenters. The van der Waals surface area contributed by atoms with Gasteiger partial charge in [-0.15, -0.1) is 0 Å². The van der Waals surface area contributed by atoms with Crippen molar-refractivity contribution in [3.63, 3.8) is 0 Å². The maximum atomic E-state index is 12.3. The fourth-order valence-corrected chi connectivity index (χ4v) is 3.80. The van der Waals surface area contributed by atoms with E-state index in [0.29, 0.717) is 11.5 Å². The van der Waals surface area contributed by atoms with Crippen LogP contribution in [0.15, 0.2) is 39.8 Å². The van der Waals surface area contributed by atoms with E-state index in [2.05, 4.69) is 15.6 Å². The molecule has 0 radical (unpaired) electrons. The van der Waals surface area contributed by atoms with Crippen LogP contribution in [0.4, 0.5) is 0 Å². The summed E-state index contributed by atoms with van der Waals surface area (Å²) in [6.07, 6.45) is -0.0755. The highest BCUT2D eigenvalue weighted by Crippen LogP contribution is 2.28. The number of furan rings is 1. The number of amides is 2. The molecule has 1 aromatic carbocycles. The third-order valence-electron chi connectivity index (χ3n) is 3.59. The molecule has 10 nitrogen and oxygen atoms in total. The van der Waals surface area contributed by atoms with Crippen LogP contribution in [0.1, 0.15) is 55.5 Å². The smallest absolute Gasteiger partial charge is 0.305 e. The molecular weight excluding hydrogens is 426 g/mol. The lowest BCUT2D eigenvalue weighted by molar-refractivity contribution is 0.0827. The van der Waals surface area contributed by atoms with Crippen LogP contribution in [0.25, 0.3) is 0 Å². The Bertz CT molecular complexity index is 1050. The van der Waals surface area contributed by atoms with Crippen molar-refractivity contribution >= 4 is 21.8 Å². The summed E-state index contributed by atoms with van der Waals surface area (Å²) in [4.78, 5) is 24.6. The molecule has 0 saturated carbocycles. The van der Waals surface area contributed by atoms with E-state index in [4.69, 9.17) is 13.9 Å². The Morgan fingerprint density at radius 1 is 1.00 bits per heavy atom. The molecule has 0 bridgehead atoms. The Morgan fingerprint density at radius 2 is 1.65 bits per heavy atom. The van der Waals surface area contributed by atoms with Crippen LogP contribution >= 0.6 is 0 Å². The Balaban J connectivity index is 2.05. The van der Waals surface area contributed by atoms with Crippen LogP contribution in [0.3, 0.4) is 0 Å². The number of carbonyl (C=O) groups is 2. The molecule has 31 heavy (non-hydrogen) atoms. The third kappa shape index (κ3) is 6.72. The SMILES string of the molecule is COc1cc(C(=O)NNC(=O)c2ccc(S(=O)(=O)NC(C)(C)C)o2)ccc1OC(C)C. The largest absolute Gasteiger partial charge is 0.493 e. The predicted octanol–water partition coefficient (Wildman–Crippen LogP) is 2.23. The second-order valence-corrected chi connectivity index (χ2v) is 9.53. The van der Waals surface area contributed by atoms with Crippen molar-refractivity contribution in [3.8, 4) is 11.5 Å². The van der Waals surface area contributed by atoms with Gasteiger partial charge in [0.25, 0.3) is 15.9 Å². The fraction of sp³-hybridized carbons (Fsp3) is 0.400. The van der Waals surface area contributed by atoms with Gasteiger partial charge in [-0.05, 0) is 65.0 Å². The predicted molar refractivity (Wildman–Crippen MR) is 112 cm³/mol. The van der Waals surface area contributed by atoms with E-state index in [9.17, 15) is 18.0 Å². The number of nitrogens with one attached hydrogen (secondary N) is 3. The van der Waals surface area contributed by atoms with Crippen LogP contribution in [0.2, 0.25) is 0 Å². The number of hydrogen-bond donors (Lipinski definition) is 3. The van der Waals surface area contributed by atoms with Gasteiger partial charge in [0.1, 0.15) is 0 Å². The third-order valence-corrected chi connectivity index (χ3v) is 5.22. The summed E-state index contributed by atoms with van der Waals surface area (Å²) >= 11 is 0. The summed E-state index contributed by atoms with van der Waals surface area (Å²) in [5.41, 5.74) is 3.90. The topological polar surface area (TPSA) is 136 Å². The van der Waals surface area contributed by atoms with Crippen molar-refractivity contribution in [2.24, 2.45) is 0 Å².